The van der Waals surface area contributed by atoms with Crippen molar-refractivity contribution in [3.8, 4) is 0 Å². The molecule has 0 saturated carbocycles. The molecule has 0 radical (unpaired) electrons. The van der Waals surface area contributed by atoms with Gasteiger partial charge in [0.2, 0.25) is 5.91 Å². The molecule has 3 N–H and O–H groups in total. The zero-order valence-corrected chi connectivity index (χ0v) is 36.6. The van der Waals surface area contributed by atoms with Crippen molar-refractivity contribution in [1.29, 1.82) is 0 Å². The molecule has 0 fully saturated rings. The normalized spacial score (nSPS) is 13.6. The van der Waals surface area contributed by atoms with Gasteiger partial charge in [-0.1, -0.05) is 218 Å². The minimum atomic E-state index is -0.789. The number of hydrogen-bond donors (Lipinski definition) is 3. The number of aliphatic hydroxyl groups is 2. The van der Waals surface area contributed by atoms with E-state index in [1.54, 1.807) is 0 Å². The summed E-state index contributed by atoms with van der Waals surface area (Å²) in [6.07, 6.45) is 49.1. The molecule has 0 bridgehead atoms. The highest BCUT2D eigenvalue weighted by molar-refractivity contribution is 5.77. The second-order valence-corrected chi connectivity index (χ2v) is 16.2. The SMILES string of the molecule is CC/C=C/C=C/C=C/CCCCCCCC(CC(=O)NC(CO)C(O)CCCCCCCCCCCCCC)OC(=O)CCCCCCCCCCCCC. The van der Waals surface area contributed by atoms with Gasteiger partial charge in [-0.3, -0.25) is 9.59 Å². The van der Waals surface area contributed by atoms with E-state index in [9.17, 15) is 19.8 Å². The van der Waals surface area contributed by atoms with Gasteiger partial charge in [0.15, 0.2) is 0 Å². The molecule has 1 amide bonds. The van der Waals surface area contributed by atoms with Gasteiger partial charge in [0.25, 0.3) is 0 Å². The Kier molecular flexibility index (Phi) is 41.7. The van der Waals surface area contributed by atoms with Crippen LogP contribution in [-0.4, -0.2) is 46.9 Å². The quantitative estimate of drug-likeness (QED) is 0.0326. The third kappa shape index (κ3) is 38.7. The molecule has 3 atom stereocenters. The van der Waals surface area contributed by atoms with Crippen molar-refractivity contribution in [3.63, 3.8) is 0 Å². The van der Waals surface area contributed by atoms with E-state index in [1.807, 2.05) is 0 Å². The Morgan fingerprint density at radius 1 is 0.545 bits per heavy atom. The molecule has 0 saturated heterocycles. The Balaban J connectivity index is 4.60. The number of ether oxygens (including phenoxy) is 1. The van der Waals surface area contributed by atoms with E-state index < -0.39 is 18.2 Å². The van der Waals surface area contributed by atoms with Gasteiger partial charge in [0.1, 0.15) is 6.10 Å². The van der Waals surface area contributed by atoms with E-state index in [0.717, 1.165) is 83.5 Å². The fourth-order valence-electron chi connectivity index (χ4n) is 7.19. The van der Waals surface area contributed by atoms with Crippen LogP contribution < -0.4 is 5.32 Å². The fourth-order valence-corrected chi connectivity index (χ4v) is 7.19. The first kappa shape index (κ1) is 53.1. The van der Waals surface area contributed by atoms with Gasteiger partial charge >= 0.3 is 5.97 Å². The molecule has 3 unspecified atom stereocenters. The Bertz CT molecular complexity index is 915. The first-order valence-electron chi connectivity index (χ1n) is 23.7. The number of aliphatic hydroxyl groups excluding tert-OH is 2. The highest BCUT2D eigenvalue weighted by Gasteiger charge is 2.24. The van der Waals surface area contributed by atoms with Crippen LogP contribution in [-0.2, 0) is 14.3 Å². The lowest BCUT2D eigenvalue weighted by atomic mass is 10.0. The topological polar surface area (TPSA) is 95.9 Å². The predicted molar refractivity (Wildman–Crippen MR) is 236 cm³/mol. The molecular weight excluding hydrogens is 683 g/mol. The van der Waals surface area contributed by atoms with Crippen molar-refractivity contribution < 1.29 is 24.5 Å². The molecule has 322 valence electrons. The first-order chi connectivity index (χ1) is 27.0. The van der Waals surface area contributed by atoms with Crippen LogP contribution in [0.2, 0.25) is 0 Å². The standard InChI is InChI=1S/C49H91NO5/c1-4-7-10-13-16-19-22-24-26-28-31-34-37-40-45(55-49(54)42-39-36-33-30-25-21-18-15-12-9-6-3)43-48(53)50-46(44-51)47(52)41-38-35-32-29-27-23-20-17-14-11-8-5-2/h7,10,13,16,19,22,45-47,51-52H,4-6,8-9,11-12,14-15,17-18,20-21,23-44H2,1-3H3,(H,50,53)/b10-7+,16-13+,22-19+. The highest BCUT2D eigenvalue weighted by atomic mass is 16.5. The summed E-state index contributed by atoms with van der Waals surface area (Å²) in [5.41, 5.74) is 0. The molecule has 6 nitrogen and oxygen atoms in total. The molecule has 0 aromatic carbocycles. The number of rotatable bonds is 42. The van der Waals surface area contributed by atoms with Crippen molar-refractivity contribution >= 4 is 11.9 Å². The van der Waals surface area contributed by atoms with Gasteiger partial charge in [-0.2, -0.15) is 0 Å². The number of carbonyl (C=O) groups excluding carboxylic acids is 2. The number of esters is 1. The van der Waals surface area contributed by atoms with Crippen LogP contribution in [0.3, 0.4) is 0 Å². The number of allylic oxidation sites excluding steroid dienone is 6. The Morgan fingerprint density at radius 3 is 1.47 bits per heavy atom. The summed E-state index contributed by atoms with van der Waals surface area (Å²) in [5, 5.41) is 23.7. The molecule has 0 heterocycles. The van der Waals surface area contributed by atoms with Crippen molar-refractivity contribution in [3.05, 3.63) is 36.5 Å². The van der Waals surface area contributed by atoms with Crippen LogP contribution >= 0.6 is 0 Å². The lowest BCUT2D eigenvalue weighted by molar-refractivity contribution is -0.151. The van der Waals surface area contributed by atoms with Gasteiger partial charge in [0, 0.05) is 6.42 Å². The molecule has 55 heavy (non-hydrogen) atoms. The van der Waals surface area contributed by atoms with Crippen LogP contribution in [0.25, 0.3) is 0 Å². The van der Waals surface area contributed by atoms with Crippen molar-refractivity contribution in [2.75, 3.05) is 6.61 Å². The zero-order valence-electron chi connectivity index (χ0n) is 36.6. The zero-order chi connectivity index (χ0) is 40.3. The third-order valence-corrected chi connectivity index (χ3v) is 10.8. The van der Waals surface area contributed by atoms with E-state index in [2.05, 4.69) is 62.5 Å². The van der Waals surface area contributed by atoms with E-state index in [4.69, 9.17) is 4.74 Å². The summed E-state index contributed by atoms with van der Waals surface area (Å²) >= 11 is 0. The second-order valence-electron chi connectivity index (χ2n) is 16.2. The van der Waals surface area contributed by atoms with Crippen LogP contribution in [0.4, 0.5) is 0 Å². The Morgan fingerprint density at radius 2 is 0.982 bits per heavy atom. The van der Waals surface area contributed by atoms with Gasteiger partial charge in [-0.05, 0) is 44.9 Å². The van der Waals surface area contributed by atoms with Crippen LogP contribution in [0.15, 0.2) is 36.5 Å². The monoisotopic (exact) mass is 774 g/mol. The summed E-state index contributed by atoms with van der Waals surface area (Å²) in [7, 11) is 0. The number of unbranched alkanes of at least 4 members (excludes halogenated alkanes) is 26. The molecule has 6 heteroatoms. The smallest absolute Gasteiger partial charge is 0.306 e. The summed E-state index contributed by atoms with van der Waals surface area (Å²) in [6, 6.07) is -0.703. The van der Waals surface area contributed by atoms with Gasteiger partial charge in [-0.15, -0.1) is 0 Å². The van der Waals surface area contributed by atoms with Crippen LogP contribution in [0, 0.1) is 0 Å². The summed E-state index contributed by atoms with van der Waals surface area (Å²) in [4.78, 5) is 26.0. The highest BCUT2D eigenvalue weighted by Crippen LogP contribution is 2.18. The van der Waals surface area contributed by atoms with Crippen LogP contribution in [0.1, 0.15) is 239 Å². The number of hydrogen-bond acceptors (Lipinski definition) is 5. The summed E-state index contributed by atoms with van der Waals surface area (Å²) < 4.78 is 5.90. The van der Waals surface area contributed by atoms with Gasteiger partial charge in [0.05, 0.1) is 25.2 Å². The van der Waals surface area contributed by atoms with Crippen molar-refractivity contribution in [2.45, 2.75) is 257 Å². The van der Waals surface area contributed by atoms with Crippen molar-refractivity contribution in [2.24, 2.45) is 0 Å². The minimum Gasteiger partial charge on any atom is -0.462 e. The van der Waals surface area contributed by atoms with E-state index in [1.165, 1.54) is 109 Å². The molecule has 0 aromatic rings. The number of carbonyl (C=O) groups is 2. The van der Waals surface area contributed by atoms with E-state index in [-0.39, 0.29) is 24.9 Å². The second kappa shape index (κ2) is 43.2. The lowest BCUT2D eigenvalue weighted by Gasteiger charge is -2.24. The fraction of sp³-hybridized carbons (Fsp3) is 0.837. The Hall–Kier alpha value is -1.92. The molecule has 0 aliphatic carbocycles. The van der Waals surface area contributed by atoms with Crippen LogP contribution in [0.5, 0.6) is 0 Å². The molecule has 0 aromatic heterocycles. The summed E-state index contributed by atoms with van der Waals surface area (Å²) in [5.74, 6) is -0.489. The maximum atomic E-state index is 13.1. The molecule has 0 rings (SSSR count). The third-order valence-electron chi connectivity index (χ3n) is 10.8. The maximum Gasteiger partial charge on any atom is 0.306 e. The van der Waals surface area contributed by atoms with Gasteiger partial charge in [-0.25, -0.2) is 0 Å². The first-order valence-corrected chi connectivity index (χ1v) is 23.7. The number of amides is 1. The Labute approximate surface area is 341 Å². The van der Waals surface area contributed by atoms with E-state index >= 15 is 0 Å². The average molecular weight is 774 g/mol. The largest absolute Gasteiger partial charge is 0.462 e. The lowest BCUT2D eigenvalue weighted by Crippen LogP contribution is -2.46. The van der Waals surface area contributed by atoms with Gasteiger partial charge < -0.3 is 20.3 Å². The minimum absolute atomic E-state index is 0.0670. The predicted octanol–water partition coefficient (Wildman–Crippen LogP) is 13.7. The molecule has 0 aliphatic rings. The average Bonchev–Trinajstić information content (AvgIpc) is 3.18. The number of nitrogens with one attached hydrogen (secondary N) is 1. The van der Waals surface area contributed by atoms with E-state index in [0.29, 0.717) is 19.3 Å². The molecule has 0 aliphatic heterocycles. The summed E-state index contributed by atoms with van der Waals surface area (Å²) in [6.45, 7) is 6.33. The van der Waals surface area contributed by atoms with Crippen molar-refractivity contribution in [1.82, 2.24) is 5.32 Å². The molecule has 0 spiro atoms. The maximum absolute atomic E-state index is 13.1. The molecular formula is C49H91NO5.